The van der Waals surface area contributed by atoms with Gasteiger partial charge in [0.15, 0.2) is 0 Å². The summed E-state index contributed by atoms with van der Waals surface area (Å²) in [7, 11) is 0. The molecule has 1 N–H and O–H groups in total. The van der Waals surface area contributed by atoms with E-state index in [1.807, 2.05) is 48.5 Å². The molecule has 0 unspecified atom stereocenters. The molecule has 4 nitrogen and oxygen atoms in total. The number of hydrogen-bond acceptors (Lipinski definition) is 4. The van der Waals surface area contributed by atoms with Gasteiger partial charge in [-0.25, -0.2) is 4.98 Å². The number of alkyl halides is 3. The number of ether oxygens (including phenoxy) is 1. The summed E-state index contributed by atoms with van der Waals surface area (Å²) in [5.41, 5.74) is 1.09. The predicted molar refractivity (Wildman–Crippen MR) is 105 cm³/mol. The molecule has 0 spiro atoms. The number of halogens is 3. The fourth-order valence-corrected chi connectivity index (χ4v) is 2.84. The molecular formula is C22H16F3N3O. The minimum absolute atomic E-state index is 0.158. The van der Waals surface area contributed by atoms with Gasteiger partial charge in [-0.15, -0.1) is 0 Å². The molecule has 7 heteroatoms. The van der Waals surface area contributed by atoms with Crippen molar-refractivity contribution in [2.45, 2.75) is 12.8 Å². The van der Waals surface area contributed by atoms with Crippen LogP contribution in [0.4, 0.5) is 24.8 Å². The Balaban J connectivity index is 1.65. The Hall–Kier alpha value is -3.61. The van der Waals surface area contributed by atoms with Gasteiger partial charge in [-0.05, 0) is 35.9 Å². The molecule has 0 fully saturated rings. The van der Waals surface area contributed by atoms with E-state index in [9.17, 15) is 13.2 Å². The number of benzene rings is 3. The highest BCUT2D eigenvalue weighted by atomic mass is 19.4. The lowest BCUT2D eigenvalue weighted by Gasteiger charge is -2.12. The van der Waals surface area contributed by atoms with Crippen molar-refractivity contribution < 1.29 is 17.9 Å². The molecule has 0 radical (unpaired) electrons. The fourth-order valence-electron chi connectivity index (χ4n) is 2.84. The van der Waals surface area contributed by atoms with E-state index in [0.717, 1.165) is 23.1 Å². The average Bonchev–Trinajstić information content (AvgIpc) is 2.72. The van der Waals surface area contributed by atoms with E-state index in [-0.39, 0.29) is 11.6 Å². The quantitative estimate of drug-likeness (QED) is 0.452. The first-order valence-electron chi connectivity index (χ1n) is 8.87. The minimum Gasteiger partial charge on any atom is -0.472 e. The first kappa shape index (κ1) is 18.7. The molecule has 0 saturated carbocycles. The molecule has 0 aliphatic carbocycles. The van der Waals surface area contributed by atoms with Crippen molar-refractivity contribution in [2.24, 2.45) is 0 Å². The zero-order valence-electron chi connectivity index (χ0n) is 15.1. The number of rotatable bonds is 5. The first-order chi connectivity index (χ1) is 14.0. The molecule has 146 valence electrons. The van der Waals surface area contributed by atoms with Crippen molar-refractivity contribution in [3.8, 4) is 5.88 Å². The van der Waals surface area contributed by atoms with Crippen LogP contribution in [0.2, 0.25) is 0 Å². The molecule has 0 aliphatic heterocycles. The fraction of sp³-hybridized carbons (Fsp3) is 0.0909. The zero-order chi connectivity index (χ0) is 20.3. The second-order valence-electron chi connectivity index (χ2n) is 6.35. The van der Waals surface area contributed by atoms with Crippen molar-refractivity contribution in [3.05, 3.63) is 90.0 Å². The smallest absolute Gasteiger partial charge is 0.416 e. The third kappa shape index (κ3) is 4.45. The predicted octanol–water partition coefficient (Wildman–Crippen LogP) is 5.97. The number of nitrogens with one attached hydrogen (secondary N) is 1. The van der Waals surface area contributed by atoms with Gasteiger partial charge in [-0.1, -0.05) is 48.5 Å². The van der Waals surface area contributed by atoms with Crippen LogP contribution in [0.15, 0.2) is 78.9 Å². The molecule has 0 aliphatic rings. The van der Waals surface area contributed by atoms with Gasteiger partial charge in [0.05, 0.1) is 16.5 Å². The van der Waals surface area contributed by atoms with Crippen LogP contribution in [-0.4, -0.2) is 9.97 Å². The Labute approximate surface area is 165 Å². The van der Waals surface area contributed by atoms with E-state index in [2.05, 4.69) is 15.3 Å². The van der Waals surface area contributed by atoms with Crippen LogP contribution in [0.5, 0.6) is 5.88 Å². The number of para-hydroxylation sites is 1. The molecule has 3 aromatic carbocycles. The molecule has 4 aromatic rings. The van der Waals surface area contributed by atoms with Gasteiger partial charge >= 0.3 is 6.18 Å². The molecule has 0 atom stereocenters. The van der Waals surface area contributed by atoms with E-state index in [0.29, 0.717) is 18.0 Å². The van der Waals surface area contributed by atoms with Gasteiger partial charge in [-0.3, -0.25) is 0 Å². The molecular weight excluding hydrogens is 379 g/mol. The zero-order valence-corrected chi connectivity index (χ0v) is 15.1. The van der Waals surface area contributed by atoms with E-state index < -0.39 is 11.7 Å². The van der Waals surface area contributed by atoms with Crippen molar-refractivity contribution in [3.63, 3.8) is 0 Å². The van der Waals surface area contributed by atoms with Crippen LogP contribution >= 0.6 is 0 Å². The van der Waals surface area contributed by atoms with Crippen LogP contribution in [0.25, 0.3) is 10.9 Å². The summed E-state index contributed by atoms with van der Waals surface area (Å²) in [6, 6.07) is 21.8. The molecule has 1 aromatic heterocycles. The molecule has 29 heavy (non-hydrogen) atoms. The summed E-state index contributed by atoms with van der Waals surface area (Å²) in [6.07, 6.45) is -4.42. The molecule has 0 amide bonds. The summed E-state index contributed by atoms with van der Waals surface area (Å²) in [6.45, 7) is 0.310. The van der Waals surface area contributed by atoms with Gasteiger partial charge in [0.25, 0.3) is 0 Å². The Morgan fingerprint density at radius 3 is 2.38 bits per heavy atom. The highest BCUT2D eigenvalue weighted by molar-refractivity contribution is 5.84. The summed E-state index contributed by atoms with van der Waals surface area (Å²) in [5.74, 6) is 0.514. The van der Waals surface area contributed by atoms with E-state index >= 15 is 0 Å². The second kappa shape index (κ2) is 7.79. The molecule has 0 bridgehead atoms. The van der Waals surface area contributed by atoms with E-state index in [4.69, 9.17) is 4.74 Å². The third-order valence-corrected chi connectivity index (χ3v) is 4.23. The van der Waals surface area contributed by atoms with Gasteiger partial charge in [0.1, 0.15) is 6.61 Å². The second-order valence-corrected chi connectivity index (χ2v) is 6.35. The maximum atomic E-state index is 13.0. The van der Waals surface area contributed by atoms with Crippen LogP contribution < -0.4 is 10.1 Å². The van der Waals surface area contributed by atoms with Crippen molar-refractivity contribution in [1.29, 1.82) is 0 Å². The lowest BCUT2D eigenvalue weighted by Crippen LogP contribution is -2.06. The standard InChI is InChI=1S/C22H16F3N3O/c23-22(24,25)16-9-6-10-17(13-16)26-21-27-19-12-5-4-11-18(19)20(28-21)29-14-15-7-2-1-3-8-15/h1-13H,14H2,(H,26,27,28). The van der Waals surface area contributed by atoms with Gasteiger partial charge in [0, 0.05) is 5.69 Å². The van der Waals surface area contributed by atoms with E-state index in [1.165, 1.54) is 12.1 Å². The first-order valence-corrected chi connectivity index (χ1v) is 8.87. The minimum atomic E-state index is -4.42. The number of aromatic nitrogens is 2. The average molecular weight is 395 g/mol. The highest BCUT2D eigenvalue weighted by Gasteiger charge is 2.30. The molecule has 4 rings (SSSR count). The largest absolute Gasteiger partial charge is 0.472 e. The lowest BCUT2D eigenvalue weighted by atomic mass is 10.2. The maximum absolute atomic E-state index is 13.0. The van der Waals surface area contributed by atoms with Crippen LogP contribution in [0.3, 0.4) is 0 Å². The van der Waals surface area contributed by atoms with Crippen LogP contribution in [0.1, 0.15) is 11.1 Å². The maximum Gasteiger partial charge on any atom is 0.416 e. The number of nitrogens with zero attached hydrogens (tertiary/aromatic N) is 2. The van der Waals surface area contributed by atoms with Crippen molar-refractivity contribution >= 4 is 22.5 Å². The monoisotopic (exact) mass is 395 g/mol. The normalized spacial score (nSPS) is 11.4. The van der Waals surface area contributed by atoms with Gasteiger partial charge in [-0.2, -0.15) is 18.2 Å². The third-order valence-electron chi connectivity index (χ3n) is 4.23. The Kier molecular flexibility index (Phi) is 5.03. The van der Waals surface area contributed by atoms with Crippen molar-refractivity contribution in [1.82, 2.24) is 9.97 Å². The summed E-state index contributed by atoms with van der Waals surface area (Å²) in [5, 5.41) is 3.57. The topological polar surface area (TPSA) is 47.0 Å². The van der Waals surface area contributed by atoms with Crippen molar-refractivity contribution in [2.75, 3.05) is 5.32 Å². The van der Waals surface area contributed by atoms with E-state index in [1.54, 1.807) is 6.07 Å². The molecule has 1 heterocycles. The summed E-state index contributed by atoms with van der Waals surface area (Å²) < 4.78 is 44.8. The number of anilines is 2. The Morgan fingerprint density at radius 2 is 1.59 bits per heavy atom. The van der Waals surface area contributed by atoms with Gasteiger partial charge in [0.2, 0.25) is 11.8 Å². The molecule has 0 saturated heterocycles. The number of hydrogen-bond donors (Lipinski definition) is 1. The number of fused-ring (bicyclic) bond motifs is 1. The summed E-state index contributed by atoms with van der Waals surface area (Å²) >= 11 is 0. The summed E-state index contributed by atoms with van der Waals surface area (Å²) in [4.78, 5) is 8.77. The Bertz CT molecular complexity index is 1130. The van der Waals surface area contributed by atoms with Gasteiger partial charge < -0.3 is 10.1 Å². The SMILES string of the molecule is FC(F)(F)c1cccc(Nc2nc(OCc3ccccc3)c3ccccc3n2)c1. The van der Waals surface area contributed by atoms with Crippen LogP contribution in [0, 0.1) is 0 Å². The highest BCUT2D eigenvalue weighted by Crippen LogP contribution is 2.32. The van der Waals surface area contributed by atoms with Crippen LogP contribution in [-0.2, 0) is 12.8 Å². The lowest BCUT2D eigenvalue weighted by molar-refractivity contribution is -0.137. The Morgan fingerprint density at radius 1 is 0.828 bits per heavy atom.